The van der Waals surface area contributed by atoms with Crippen LogP contribution in [0.3, 0.4) is 0 Å². The number of fused-ring (bicyclic) bond motifs is 1. The summed E-state index contributed by atoms with van der Waals surface area (Å²) < 4.78 is 32.0. The van der Waals surface area contributed by atoms with Gasteiger partial charge in [0, 0.05) is 24.2 Å². The number of anilines is 1. The predicted octanol–water partition coefficient (Wildman–Crippen LogP) is -3.41. The smallest absolute Gasteiger partial charge is 0.473 e. The van der Waals surface area contributed by atoms with E-state index in [1.54, 1.807) is 24.3 Å². The Labute approximate surface area is 302 Å². The number of carbonyl (C=O) groups excluding carboxylic acids is 1. The van der Waals surface area contributed by atoms with Gasteiger partial charge in [0.05, 0.1) is 31.1 Å². The number of ether oxygens (including phenoxy) is 2. The molecular formula is C30H45N6O16P. The second-order valence-corrected chi connectivity index (χ2v) is 14.0. The van der Waals surface area contributed by atoms with Crippen molar-refractivity contribution in [2.45, 2.75) is 101 Å². The fourth-order valence-corrected chi connectivity index (χ4v) is 6.53. The largest absolute Gasteiger partial charge is 0.481 e. The Bertz CT molecular complexity index is 1580. The Balaban J connectivity index is 1.22. The first-order valence-electron chi connectivity index (χ1n) is 16.4. The van der Waals surface area contributed by atoms with Crippen LogP contribution in [0.2, 0.25) is 0 Å². The van der Waals surface area contributed by atoms with Crippen LogP contribution in [-0.2, 0) is 43.9 Å². The van der Waals surface area contributed by atoms with E-state index in [9.17, 15) is 49.4 Å². The highest BCUT2D eigenvalue weighted by atomic mass is 31.2. The number of nitrogens with zero attached hydrogens (tertiary/aromatic N) is 1. The third kappa shape index (κ3) is 11.4. The number of allylic oxidation sites excluding steroid dienone is 1. The van der Waals surface area contributed by atoms with E-state index in [4.69, 9.17) is 25.4 Å². The topological polar surface area (TPSA) is 354 Å². The maximum Gasteiger partial charge on any atom is 0.473 e. The van der Waals surface area contributed by atoms with Crippen LogP contribution in [0.15, 0.2) is 40.7 Å². The minimum atomic E-state index is -5.11. The fourth-order valence-electron chi connectivity index (χ4n) is 5.62. The van der Waals surface area contributed by atoms with Gasteiger partial charge in [-0.3, -0.25) is 24.4 Å². The van der Waals surface area contributed by atoms with Crippen LogP contribution in [0.5, 0.6) is 0 Å². The number of benzene rings is 1. The molecule has 3 aliphatic heterocycles. The zero-order chi connectivity index (χ0) is 39.2. The van der Waals surface area contributed by atoms with Gasteiger partial charge in [0.25, 0.3) is 5.91 Å². The molecular weight excluding hydrogens is 731 g/mol. The van der Waals surface area contributed by atoms with E-state index in [1.807, 2.05) is 13.8 Å². The third-order valence-electron chi connectivity index (χ3n) is 8.43. The van der Waals surface area contributed by atoms with Gasteiger partial charge in [-0.2, -0.15) is 0 Å². The number of aliphatic carboxylic acids is 2. The van der Waals surface area contributed by atoms with Gasteiger partial charge in [-0.1, -0.05) is 12.1 Å². The van der Waals surface area contributed by atoms with E-state index in [-0.39, 0.29) is 18.4 Å². The van der Waals surface area contributed by atoms with Gasteiger partial charge in [0.15, 0.2) is 24.7 Å². The lowest BCUT2D eigenvalue weighted by molar-refractivity contribution is -0.192. The van der Waals surface area contributed by atoms with Gasteiger partial charge >= 0.3 is 19.8 Å². The van der Waals surface area contributed by atoms with E-state index >= 15 is 0 Å². The molecule has 0 aromatic heterocycles. The minimum absolute atomic E-state index is 0.0755. The average molecular weight is 777 g/mol. The number of hydrogen-bond acceptors (Lipinski definition) is 18. The summed E-state index contributed by atoms with van der Waals surface area (Å²) in [5.74, 6) is -2.98. The standard InChI is InChI=1S/C30H45N6O16P/c1-12(21-13(2)33-26-22(34-21)27(44)36-30(31)35-26)32-15-5-3-14(4-6-15)9-16(37)23(41)17(38)10-49-29-25(43)24(42)19(51-29)11-50-53(47,48)52-18(28(45)46)7-8-20(39)40/h3-6,12,16-19,22-25,29-30,32,34,37-38,41-43H,7-11,31H2,1-2H3,(H,33,35)(H,36,44)(H,39,40)(H,45,46)(H,47,48)/t12-,16+,17-,18+,19-,22?,23+,24-,25-,29+,30?/m1/s1. The average Bonchev–Trinajstić information content (AvgIpc) is 3.35. The highest BCUT2D eigenvalue weighted by Crippen LogP contribution is 2.46. The van der Waals surface area contributed by atoms with Crippen molar-refractivity contribution in [2.24, 2.45) is 10.7 Å². The first-order valence-corrected chi connectivity index (χ1v) is 17.9. The number of amides is 1. The van der Waals surface area contributed by atoms with Gasteiger partial charge in [-0.05, 0) is 38.0 Å². The summed E-state index contributed by atoms with van der Waals surface area (Å²) in [5.41, 5.74) is 8.51. The van der Waals surface area contributed by atoms with Crippen LogP contribution < -0.4 is 27.0 Å². The number of aliphatic hydroxyl groups excluding tert-OH is 5. The number of amidine groups is 1. The maximum atomic E-state index is 12.4. The molecule has 22 nitrogen and oxygen atoms in total. The Kier molecular flexibility index (Phi) is 14.3. The molecule has 3 aliphatic rings. The molecule has 4 rings (SSSR count). The van der Waals surface area contributed by atoms with Crippen molar-refractivity contribution in [1.29, 1.82) is 0 Å². The van der Waals surface area contributed by atoms with Gasteiger partial charge in [0.2, 0.25) is 0 Å². The van der Waals surface area contributed by atoms with E-state index in [0.29, 0.717) is 17.1 Å². The zero-order valence-corrected chi connectivity index (χ0v) is 29.4. The molecule has 0 bridgehead atoms. The maximum absolute atomic E-state index is 12.4. The quantitative estimate of drug-likeness (QED) is 0.0609. The van der Waals surface area contributed by atoms with E-state index in [0.717, 1.165) is 11.4 Å². The first-order chi connectivity index (χ1) is 24.8. The number of phosphoric ester groups is 1. The molecule has 0 spiro atoms. The summed E-state index contributed by atoms with van der Waals surface area (Å²) >= 11 is 0. The van der Waals surface area contributed by atoms with Crippen LogP contribution >= 0.6 is 7.82 Å². The molecule has 0 saturated carbocycles. The second-order valence-electron chi connectivity index (χ2n) is 12.6. The highest BCUT2D eigenvalue weighted by molar-refractivity contribution is 7.47. The summed E-state index contributed by atoms with van der Waals surface area (Å²) in [4.78, 5) is 48.4. The van der Waals surface area contributed by atoms with Crippen molar-refractivity contribution in [2.75, 3.05) is 18.5 Å². The van der Waals surface area contributed by atoms with Crippen molar-refractivity contribution in [3.63, 3.8) is 0 Å². The third-order valence-corrected chi connectivity index (χ3v) is 9.43. The van der Waals surface area contributed by atoms with Crippen molar-refractivity contribution >= 4 is 37.2 Å². The SMILES string of the molecule is CC1=C([C@@H](C)Nc2ccc(C[C@H](O)[C@H](O)[C@H](O)CO[C@H]3O[C@H](COP(=O)(O)O[C@@H](CCC(=O)O)C(=O)O)[C@@H](O)[C@H]3O)cc2)NC2C(=O)NC(N)N=C2N1. The number of hydrogen-bond donors (Lipinski definition) is 13. The molecule has 296 valence electrons. The molecule has 12 atom stereocenters. The minimum Gasteiger partial charge on any atom is -0.481 e. The van der Waals surface area contributed by atoms with Crippen LogP contribution in [0.4, 0.5) is 5.69 Å². The molecule has 0 radical (unpaired) electrons. The number of nitrogens with two attached hydrogens (primary N) is 1. The van der Waals surface area contributed by atoms with Crippen molar-refractivity contribution in [3.8, 4) is 0 Å². The monoisotopic (exact) mass is 776 g/mol. The second kappa shape index (κ2) is 18.0. The molecule has 53 heavy (non-hydrogen) atoms. The molecule has 0 aliphatic carbocycles. The van der Waals surface area contributed by atoms with Crippen LogP contribution in [0.25, 0.3) is 0 Å². The van der Waals surface area contributed by atoms with Crippen LogP contribution in [-0.4, -0.2) is 145 Å². The zero-order valence-electron chi connectivity index (χ0n) is 28.5. The number of rotatable bonds is 19. The molecule has 14 N–H and O–H groups in total. The van der Waals surface area contributed by atoms with Crippen molar-refractivity contribution < 1.29 is 78.1 Å². The number of carboxylic acid groups (broad SMARTS) is 2. The Morgan fingerprint density at radius 2 is 1.77 bits per heavy atom. The lowest BCUT2D eigenvalue weighted by atomic mass is 10.00. The Hall–Kier alpha value is -3.77. The summed E-state index contributed by atoms with van der Waals surface area (Å²) in [6.07, 6.45) is -15.7. The highest BCUT2D eigenvalue weighted by Gasteiger charge is 2.45. The van der Waals surface area contributed by atoms with Crippen molar-refractivity contribution in [3.05, 3.63) is 41.2 Å². The number of carboxylic acids is 2. The van der Waals surface area contributed by atoms with E-state index in [2.05, 4.69) is 35.3 Å². The molecule has 1 saturated heterocycles. The first kappa shape index (κ1) is 42.0. The van der Waals surface area contributed by atoms with Gasteiger partial charge in [0.1, 0.15) is 36.4 Å². The normalized spacial score (nSPS) is 28.2. The number of aliphatic hydroxyl groups is 5. The summed E-state index contributed by atoms with van der Waals surface area (Å²) in [6.45, 7) is 2.13. The number of nitrogens with one attached hydrogen (secondary N) is 4. The van der Waals surface area contributed by atoms with Crippen LogP contribution in [0, 0.1) is 0 Å². The molecule has 1 fully saturated rings. The molecule has 3 unspecified atom stereocenters. The van der Waals surface area contributed by atoms with Gasteiger partial charge in [-0.15, -0.1) is 0 Å². The Morgan fingerprint density at radius 1 is 1.09 bits per heavy atom. The summed E-state index contributed by atoms with van der Waals surface area (Å²) in [7, 11) is -5.11. The van der Waals surface area contributed by atoms with Gasteiger partial charge in [-0.25, -0.2) is 14.4 Å². The lowest BCUT2D eigenvalue weighted by Crippen LogP contribution is -2.64. The molecule has 1 aromatic rings. The van der Waals surface area contributed by atoms with Crippen LogP contribution in [0.1, 0.15) is 32.3 Å². The summed E-state index contributed by atoms with van der Waals surface area (Å²) in [6, 6.07) is 5.89. The Morgan fingerprint density at radius 3 is 2.42 bits per heavy atom. The summed E-state index contributed by atoms with van der Waals surface area (Å²) in [5, 5.41) is 82.2. The lowest BCUT2D eigenvalue weighted by Gasteiger charge is -2.36. The molecule has 1 amide bonds. The van der Waals surface area contributed by atoms with E-state index in [1.165, 1.54) is 0 Å². The van der Waals surface area contributed by atoms with E-state index < -0.39 is 107 Å². The fraction of sp³-hybridized carbons (Fsp3) is 0.600. The molecule has 23 heteroatoms. The van der Waals surface area contributed by atoms with Gasteiger partial charge < -0.3 is 71.4 Å². The van der Waals surface area contributed by atoms with Crippen molar-refractivity contribution in [1.82, 2.24) is 16.0 Å². The molecule has 3 heterocycles. The predicted molar refractivity (Wildman–Crippen MR) is 179 cm³/mol. The number of aliphatic imine (C=N–C) groups is 1. The number of phosphoric acid groups is 1. The number of carbonyl (C=O) groups is 3. The molecule has 1 aromatic carbocycles.